The van der Waals surface area contributed by atoms with Crippen LogP contribution in [-0.2, 0) is 11.6 Å². The van der Waals surface area contributed by atoms with Crippen molar-refractivity contribution in [1.29, 1.82) is 0 Å². The summed E-state index contributed by atoms with van der Waals surface area (Å²) in [4.78, 5) is 2.54. The van der Waals surface area contributed by atoms with Gasteiger partial charge in [-0.1, -0.05) is 44.0 Å². The highest BCUT2D eigenvalue weighted by Crippen LogP contribution is 2.45. The fourth-order valence-electron chi connectivity index (χ4n) is 4.76. The lowest BCUT2D eigenvalue weighted by Crippen LogP contribution is -2.49. The number of nitrogens with zero attached hydrogens (tertiary/aromatic N) is 1. The van der Waals surface area contributed by atoms with E-state index in [9.17, 15) is 13.2 Å². The van der Waals surface area contributed by atoms with Crippen LogP contribution in [0.4, 0.5) is 13.2 Å². The monoisotopic (exact) mass is 499 g/mol. The minimum Gasteiger partial charge on any atom is -0.493 e. The van der Waals surface area contributed by atoms with Crippen molar-refractivity contribution in [2.24, 2.45) is 5.92 Å². The largest absolute Gasteiger partial charge is 0.493 e. The van der Waals surface area contributed by atoms with Gasteiger partial charge in [0.2, 0.25) is 0 Å². The second-order valence-electron chi connectivity index (χ2n) is 8.72. The van der Waals surface area contributed by atoms with E-state index in [0.717, 1.165) is 56.7 Å². The molecule has 2 aromatic rings. The summed E-state index contributed by atoms with van der Waals surface area (Å²) in [7, 11) is 1.00. The van der Waals surface area contributed by atoms with Crippen LogP contribution in [0.2, 0.25) is 5.02 Å². The molecule has 2 fully saturated rings. The van der Waals surface area contributed by atoms with Gasteiger partial charge in [-0.25, -0.2) is 0 Å². The van der Waals surface area contributed by atoms with Gasteiger partial charge >= 0.3 is 6.18 Å². The summed E-state index contributed by atoms with van der Waals surface area (Å²) in [6.45, 7) is 7.64. The summed E-state index contributed by atoms with van der Waals surface area (Å²) in [6.07, 6.45) is 1.57. The Labute approximate surface area is 206 Å². The molecule has 1 saturated carbocycles. The third-order valence-corrected chi connectivity index (χ3v) is 6.82. The van der Waals surface area contributed by atoms with Crippen molar-refractivity contribution in [3.05, 3.63) is 64.7 Å². The quantitative estimate of drug-likeness (QED) is 0.456. The average Bonchev–Trinajstić information content (AvgIpc) is 2.83. The molecule has 0 spiro atoms. The fourth-order valence-corrected chi connectivity index (χ4v) is 4.88. The SMILES string of the molecule is CC.CO.FC(F)(F)c1ccc(OC[C@H]2CCCN(CC3(c4ccc(Cl)cc4)CCC3)C2)cc1. The maximum Gasteiger partial charge on any atom is 0.416 e. The molecule has 1 aliphatic heterocycles. The van der Waals surface area contributed by atoms with E-state index in [2.05, 4.69) is 17.0 Å². The molecule has 3 nitrogen and oxygen atoms in total. The summed E-state index contributed by atoms with van der Waals surface area (Å²) in [5.74, 6) is 0.889. The number of aliphatic hydroxyl groups excluding tert-OH is 1. The summed E-state index contributed by atoms with van der Waals surface area (Å²) in [6, 6.07) is 13.3. The first-order valence-electron chi connectivity index (χ1n) is 12.1. The van der Waals surface area contributed by atoms with Gasteiger partial charge in [-0.05, 0) is 74.2 Å². The Morgan fingerprint density at radius 2 is 1.62 bits per heavy atom. The van der Waals surface area contributed by atoms with Gasteiger partial charge in [0.05, 0.1) is 12.2 Å². The molecule has 0 aromatic heterocycles. The molecular weight excluding hydrogens is 463 g/mol. The van der Waals surface area contributed by atoms with E-state index in [4.69, 9.17) is 21.4 Å². The van der Waals surface area contributed by atoms with Gasteiger partial charge in [-0.3, -0.25) is 0 Å². The Balaban J connectivity index is 0.000000970. The highest BCUT2D eigenvalue weighted by atomic mass is 35.5. The van der Waals surface area contributed by atoms with Crippen molar-refractivity contribution in [3.63, 3.8) is 0 Å². The molecule has 1 saturated heterocycles. The van der Waals surface area contributed by atoms with Crippen LogP contribution in [-0.4, -0.2) is 43.4 Å². The predicted octanol–water partition coefficient (Wildman–Crippen LogP) is 7.21. The van der Waals surface area contributed by atoms with E-state index >= 15 is 0 Å². The lowest BCUT2D eigenvalue weighted by molar-refractivity contribution is -0.137. The fraction of sp³-hybridized carbons (Fsp3) is 0.556. The van der Waals surface area contributed by atoms with Crippen molar-refractivity contribution >= 4 is 11.6 Å². The van der Waals surface area contributed by atoms with Gasteiger partial charge in [-0.15, -0.1) is 0 Å². The van der Waals surface area contributed by atoms with Crippen LogP contribution in [0.15, 0.2) is 48.5 Å². The summed E-state index contributed by atoms with van der Waals surface area (Å²) >= 11 is 6.07. The molecule has 34 heavy (non-hydrogen) atoms. The van der Waals surface area contributed by atoms with Crippen LogP contribution in [0.5, 0.6) is 5.75 Å². The molecule has 0 bridgehead atoms. The van der Waals surface area contributed by atoms with Crippen LogP contribution in [0.3, 0.4) is 0 Å². The normalized spacial score (nSPS) is 19.6. The van der Waals surface area contributed by atoms with E-state index in [0.29, 0.717) is 18.3 Å². The van der Waals surface area contributed by atoms with Gasteiger partial charge < -0.3 is 14.7 Å². The second kappa shape index (κ2) is 13.4. The maximum atomic E-state index is 12.7. The van der Waals surface area contributed by atoms with Crippen molar-refractivity contribution in [2.75, 3.05) is 33.4 Å². The second-order valence-corrected chi connectivity index (χ2v) is 9.15. The van der Waals surface area contributed by atoms with Crippen molar-refractivity contribution in [1.82, 2.24) is 4.90 Å². The number of alkyl halides is 3. The summed E-state index contributed by atoms with van der Waals surface area (Å²) in [5.41, 5.74) is 0.953. The van der Waals surface area contributed by atoms with E-state index in [1.165, 1.54) is 37.0 Å². The first-order chi connectivity index (χ1) is 16.3. The zero-order valence-electron chi connectivity index (χ0n) is 20.4. The van der Waals surface area contributed by atoms with Gasteiger partial charge in [0.1, 0.15) is 5.75 Å². The topological polar surface area (TPSA) is 32.7 Å². The van der Waals surface area contributed by atoms with E-state index in [1.807, 2.05) is 26.0 Å². The Morgan fingerprint density at radius 1 is 1.00 bits per heavy atom. The van der Waals surface area contributed by atoms with E-state index < -0.39 is 11.7 Å². The van der Waals surface area contributed by atoms with Crippen LogP contribution in [0.1, 0.15) is 57.1 Å². The molecule has 2 aliphatic rings. The average molecular weight is 500 g/mol. The zero-order valence-corrected chi connectivity index (χ0v) is 21.1. The molecular formula is C27H37ClF3NO2. The third-order valence-electron chi connectivity index (χ3n) is 6.56. The number of benzene rings is 2. The number of ether oxygens (including phenoxy) is 1. The molecule has 190 valence electrons. The number of aliphatic hydroxyl groups is 1. The smallest absolute Gasteiger partial charge is 0.416 e. The predicted molar refractivity (Wildman–Crippen MR) is 133 cm³/mol. The zero-order chi connectivity index (χ0) is 25.2. The van der Waals surface area contributed by atoms with E-state index in [1.54, 1.807) is 0 Å². The molecule has 1 N–H and O–H groups in total. The number of hydrogen-bond donors (Lipinski definition) is 1. The highest BCUT2D eigenvalue weighted by Gasteiger charge is 2.40. The van der Waals surface area contributed by atoms with Gasteiger partial charge in [0.25, 0.3) is 0 Å². The number of likely N-dealkylation sites (tertiary alicyclic amines) is 1. The Hall–Kier alpha value is -1.76. The van der Waals surface area contributed by atoms with Crippen molar-refractivity contribution in [2.45, 2.75) is 57.5 Å². The summed E-state index contributed by atoms with van der Waals surface area (Å²) in [5, 5.41) is 7.77. The van der Waals surface area contributed by atoms with E-state index in [-0.39, 0.29) is 5.41 Å². The highest BCUT2D eigenvalue weighted by molar-refractivity contribution is 6.30. The third kappa shape index (κ3) is 7.62. The minimum atomic E-state index is -4.32. The first kappa shape index (κ1) is 28.5. The molecule has 0 radical (unpaired) electrons. The lowest BCUT2D eigenvalue weighted by Gasteiger charge is -2.47. The summed E-state index contributed by atoms with van der Waals surface area (Å²) < 4.78 is 43.9. The van der Waals surface area contributed by atoms with Crippen LogP contribution >= 0.6 is 11.6 Å². The van der Waals surface area contributed by atoms with Gasteiger partial charge in [-0.2, -0.15) is 13.2 Å². The molecule has 2 aromatic carbocycles. The molecule has 0 amide bonds. The van der Waals surface area contributed by atoms with Gasteiger partial charge in [0, 0.05) is 36.6 Å². The molecule has 1 atom stereocenters. The number of halogens is 4. The Morgan fingerprint density at radius 3 is 2.15 bits per heavy atom. The standard InChI is InChI=1S/C24H27ClF3NO.C2H6.CH4O/c25-21-8-4-19(5-9-21)23(12-2-13-23)17-29-14-1-3-18(15-29)16-30-22-10-6-20(7-11-22)24(26,27)28;2*1-2/h4-11,18H,1-3,12-17H2;1-2H3;2H,1H3/t18-;;/m0../s1. The number of hydrogen-bond acceptors (Lipinski definition) is 3. The number of piperidine rings is 1. The van der Waals surface area contributed by atoms with Crippen LogP contribution in [0.25, 0.3) is 0 Å². The van der Waals surface area contributed by atoms with Gasteiger partial charge in [0.15, 0.2) is 0 Å². The number of rotatable bonds is 6. The molecule has 4 rings (SSSR count). The Kier molecular flexibility index (Phi) is 11.2. The maximum absolute atomic E-state index is 12.7. The van der Waals surface area contributed by atoms with Crippen LogP contribution in [0, 0.1) is 5.92 Å². The molecule has 7 heteroatoms. The van der Waals surface area contributed by atoms with Crippen LogP contribution < -0.4 is 4.74 Å². The van der Waals surface area contributed by atoms with Crippen molar-refractivity contribution in [3.8, 4) is 5.75 Å². The first-order valence-corrected chi connectivity index (χ1v) is 12.5. The lowest BCUT2D eigenvalue weighted by atomic mass is 9.64. The molecule has 1 heterocycles. The molecule has 0 unspecified atom stereocenters. The molecule has 1 aliphatic carbocycles. The van der Waals surface area contributed by atoms with Crippen molar-refractivity contribution < 1.29 is 23.0 Å². The Bertz CT molecular complexity index is 836. The minimum absolute atomic E-state index is 0.223.